The number of fused-ring (bicyclic) bond motifs is 1. The van der Waals surface area contributed by atoms with Crippen LogP contribution in [-0.4, -0.2) is 47.0 Å². The normalized spacial score (nSPS) is 20.4. The van der Waals surface area contributed by atoms with Crippen molar-refractivity contribution in [2.45, 2.75) is 12.8 Å². The minimum Gasteiger partial charge on any atom is -0.342 e. The van der Waals surface area contributed by atoms with Gasteiger partial charge in [-0.3, -0.25) is 9.89 Å². The maximum atomic E-state index is 4.60. The Morgan fingerprint density at radius 3 is 2.69 bits per heavy atom. The maximum Gasteiger partial charge on any atom is 0.232 e. The second kappa shape index (κ2) is 4.08. The van der Waals surface area contributed by atoms with Crippen LogP contribution in [0.2, 0.25) is 0 Å². The third-order valence-corrected chi connectivity index (χ3v) is 2.97. The molecule has 0 spiro atoms. The summed E-state index contributed by atoms with van der Waals surface area (Å²) in [5.74, 6) is 1.83. The van der Waals surface area contributed by atoms with Gasteiger partial charge in [0.2, 0.25) is 11.9 Å². The molecule has 5 nitrogen and oxygen atoms in total. The average Bonchev–Trinajstić information content (AvgIpc) is 2.39. The molecular weight excluding hydrogens is 202 g/mol. The van der Waals surface area contributed by atoms with Gasteiger partial charge in [-0.2, -0.15) is 0 Å². The Bertz CT molecular complexity index is 389. The van der Waals surface area contributed by atoms with Crippen molar-refractivity contribution in [3.05, 3.63) is 18.5 Å². The van der Waals surface area contributed by atoms with Gasteiger partial charge in [-0.15, -0.1) is 0 Å². The number of hydrogen-bond donors (Lipinski definition) is 0. The van der Waals surface area contributed by atoms with Crippen molar-refractivity contribution >= 4 is 11.9 Å². The summed E-state index contributed by atoms with van der Waals surface area (Å²) in [7, 11) is 0. The average molecular weight is 217 g/mol. The summed E-state index contributed by atoms with van der Waals surface area (Å²) >= 11 is 0. The van der Waals surface area contributed by atoms with Crippen LogP contribution in [0.25, 0.3) is 0 Å². The lowest BCUT2D eigenvalue weighted by atomic mass is 10.2. The number of anilines is 1. The third-order valence-electron chi connectivity index (χ3n) is 2.97. The summed E-state index contributed by atoms with van der Waals surface area (Å²) in [5.41, 5.74) is 0. The number of guanidine groups is 1. The summed E-state index contributed by atoms with van der Waals surface area (Å²) in [5, 5.41) is 0. The van der Waals surface area contributed by atoms with E-state index in [4.69, 9.17) is 0 Å². The first-order chi connectivity index (χ1) is 7.95. The van der Waals surface area contributed by atoms with Gasteiger partial charge in [0.15, 0.2) is 0 Å². The van der Waals surface area contributed by atoms with Crippen molar-refractivity contribution in [3.63, 3.8) is 0 Å². The Balaban J connectivity index is 1.92. The Hall–Kier alpha value is -1.65. The Labute approximate surface area is 94.8 Å². The largest absolute Gasteiger partial charge is 0.342 e. The van der Waals surface area contributed by atoms with Crippen molar-refractivity contribution in [2.75, 3.05) is 31.1 Å². The highest BCUT2D eigenvalue weighted by molar-refractivity contribution is 5.95. The number of rotatable bonds is 1. The Morgan fingerprint density at radius 2 is 1.81 bits per heavy atom. The van der Waals surface area contributed by atoms with Crippen LogP contribution in [0.1, 0.15) is 12.8 Å². The van der Waals surface area contributed by atoms with E-state index in [9.17, 15) is 0 Å². The molecule has 0 saturated carbocycles. The van der Waals surface area contributed by atoms with E-state index in [-0.39, 0.29) is 0 Å². The predicted molar refractivity (Wildman–Crippen MR) is 62.5 cm³/mol. The van der Waals surface area contributed by atoms with Gasteiger partial charge in [0, 0.05) is 38.6 Å². The number of aromatic nitrogens is 2. The molecule has 3 rings (SSSR count). The van der Waals surface area contributed by atoms with Crippen LogP contribution in [0.15, 0.2) is 23.5 Å². The third kappa shape index (κ3) is 1.62. The molecular formula is C11H15N5. The molecule has 0 amide bonds. The predicted octanol–water partition coefficient (Wildman–Crippen LogP) is 0.748. The topological polar surface area (TPSA) is 44.6 Å². The molecule has 0 radical (unpaired) electrons. The van der Waals surface area contributed by atoms with E-state index in [0.717, 1.165) is 50.9 Å². The van der Waals surface area contributed by atoms with Crippen LogP contribution >= 0.6 is 0 Å². The van der Waals surface area contributed by atoms with Crippen LogP contribution in [0.5, 0.6) is 0 Å². The minimum atomic E-state index is 0.771. The van der Waals surface area contributed by atoms with E-state index in [1.807, 2.05) is 6.07 Å². The fraction of sp³-hybridized carbons (Fsp3) is 0.545. The lowest BCUT2D eigenvalue weighted by molar-refractivity contribution is 0.359. The molecule has 0 N–H and O–H groups in total. The second-order valence-corrected chi connectivity index (χ2v) is 4.08. The molecule has 2 aliphatic rings. The van der Waals surface area contributed by atoms with E-state index >= 15 is 0 Å². The first-order valence-electron chi connectivity index (χ1n) is 5.79. The number of nitrogens with zero attached hydrogens (tertiary/aromatic N) is 5. The van der Waals surface area contributed by atoms with Crippen LogP contribution in [0, 0.1) is 0 Å². The van der Waals surface area contributed by atoms with E-state index < -0.39 is 0 Å². The van der Waals surface area contributed by atoms with Crippen molar-refractivity contribution in [2.24, 2.45) is 4.99 Å². The summed E-state index contributed by atoms with van der Waals surface area (Å²) in [6.07, 6.45) is 5.87. The molecule has 1 fully saturated rings. The molecule has 5 heteroatoms. The summed E-state index contributed by atoms with van der Waals surface area (Å²) in [6.45, 7) is 4.12. The fourth-order valence-corrected chi connectivity index (χ4v) is 2.25. The van der Waals surface area contributed by atoms with E-state index in [1.54, 1.807) is 12.4 Å². The molecule has 3 heterocycles. The molecule has 0 atom stereocenters. The Morgan fingerprint density at radius 1 is 1.00 bits per heavy atom. The van der Waals surface area contributed by atoms with Gasteiger partial charge in [0.05, 0.1) is 0 Å². The molecule has 0 aliphatic carbocycles. The maximum absolute atomic E-state index is 4.60. The highest BCUT2D eigenvalue weighted by Crippen LogP contribution is 2.17. The van der Waals surface area contributed by atoms with Gasteiger partial charge in [0.1, 0.15) is 0 Å². The zero-order valence-electron chi connectivity index (χ0n) is 9.21. The quantitative estimate of drug-likeness (QED) is 0.696. The highest BCUT2D eigenvalue weighted by atomic mass is 15.4. The van der Waals surface area contributed by atoms with Crippen molar-refractivity contribution in [1.29, 1.82) is 0 Å². The van der Waals surface area contributed by atoms with E-state index in [1.165, 1.54) is 0 Å². The zero-order valence-corrected chi connectivity index (χ0v) is 9.21. The first kappa shape index (κ1) is 9.57. The molecule has 0 aromatic carbocycles. The summed E-state index contributed by atoms with van der Waals surface area (Å²) in [6, 6.07) is 1.84. The van der Waals surface area contributed by atoms with Crippen LogP contribution < -0.4 is 4.90 Å². The number of hydrogen-bond acceptors (Lipinski definition) is 5. The molecule has 1 aromatic heterocycles. The monoisotopic (exact) mass is 217 g/mol. The zero-order chi connectivity index (χ0) is 10.8. The Kier molecular flexibility index (Phi) is 2.44. The number of aliphatic imine (C=N–C) groups is 1. The molecule has 0 unspecified atom stereocenters. The van der Waals surface area contributed by atoms with Gasteiger partial charge in [-0.05, 0) is 18.9 Å². The highest BCUT2D eigenvalue weighted by Gasteiger charge is 2.27. The fourth-order valence-electron chi connectivity index (χ4n) is 2.25. The second-order valence-electron chi connectivity index (χ2n) is 4.08. The minimum absolute atomic E-state index is 0.771. The summed E-state index contributed by atoms with van der Waals surface area (Å²) < 4.78 is 0. The van der Waals surface area contributed by atoms with Gasteiger partial charge in [-0.1, -0.05) is 0 Å². The van der Waals surface area contributed by atoms with Crippen molar-refractivity contribution < 1.29 is 0 Å². The molecule has 0 bridgehead atoms. The lowest BCUT2D eigenvalue weighted by Gasteiger charge is -2.39. The van der Waals surface area contributed by atoms with Crippen molar-refractivity contribution in [1.82, 2.24) is 14.9 Å². The van der Waals surface area contributed by atoms with Gasteiger partial charge in [0.25, 0.3) is 0 Å². The first-order valence-corrected chi connectivity index (χ1v) is 5.79. The summed E-state index contributed by atoms with van der Waals surface area (Å²) in [4.78, 5) is 17.7. The SMILES string of the molecule is c1cnc(N2CCCN3CCCN=C32)nc1. The van der Waals surface area contributed by atoms with E-state index in [2.05, 4.69) is 24.8 Å². The van der Waals surface area contributed by atoms with Gasteiger partial charge < -0.3 is 4.90 Å². The van der Waals surface area contributed by atoms with Crippen molar-refractivity contribution in [3.8, 4) is 0 Å². The lowest BCUT2D eigenvalue weighted by Crippen LogP contribution is -2.53. The van der Waals surface area contributed by atoms with Gasteiger partial charge in [-0.25, -0.2) is 9.97 Å². The molecule has 1 saturated heterocycles. The molecule has 2 aliphatic heterocycles. The molecule has 16 heavy (non-hydrogen) atoms. The van der Waals surface area contributed by atoms with Crippen LogP contribution in [0.3, 0.4) is 0 Å². The van der Waals surface area contributed by atoms with Crippen LogP contribution in [0.4, 0.5) is 5.95 Å². The smallest absolute Gasteiger partial charge is 0.232 e. The molecule has 84 valence electrons. The van der Waals surface area contributed by atoms with E-state index in [0.29, 0.717) is 0 Å². The van der Waals surface area contributed by atoms with Gasteiger partial charge >= 0.3 is 0 Å². The molecule has 1 aromatic rings. The standard InChI is InChI=1S/C11H15N5/c1-4-12-10(13-5-1)16-9-3-8-15-7-2-6-14-11(15)16/h1,4-5H,2-3,6-9H2. The van der Waals surface area contributed by atoms with Crippen LogP contribution in [-0.2, 0) is 0 Å².